The molecule has 0 bridgehead atoms. The summed E-state index contributed by atoms with van der Waals surface area (Å²) >= 11 is 6.21. The van der Waals surface area contributed by atoms with Gasteiger partial charge in [-0.1, -0.05) is 35.9 Å². The Labute approximate surface area is 163 Å². The molecule has 3 rings (SSSR count). The summed E-state index contributed by atoms with van der Waals surface area (Å²) in [5.41, 5.74) is 1.33. The standard InChI is InChI=1S/C18H20ClN3O4S/c1-14-6-7-16(22(23)24)12-18(14)27(25,26)21-10-8-20(9-11-21)13-15-4-2-3-5-17(15)19/h2-7,12H,8-11,13H2,1H3/p+1. The molecule has 27 heavy (non-hydrogen) atoms. The third kappa shape index (κ3) is 4.30. The average Bonchev–Trinajstić information content (AvgIpc) is 2.64. The van der Waals surface area contributed by atoms with Gasteiger partial charge in [-0.2, -0.15) is 4.31 Å². The molecular weight excluding hydrogens is 390 g/mol. The first-order chi connectivity index (χ1) is 12.8. The van der Waals surface area contributed by atoms with Crippen molar-refractivity contribution < 1.29 is 18.2 Å². The second-order valence-electron chi connectivity index (χ2n) is 6.63. The molecule has 0 amide bonds. The topological polar surface area (TPSA) is 85.0 Å². The van der Waals surface area contributed by atoms with E-state index >= 15 is 0 Å². The summed E-state index contributed by atoms with van der Waals surface area (Å²) in [6.45, 7) is 4.42. The Bertz CT molecular complexity index is 957. The van der Waals surface area contributed by atoms with Crippen LogP contribution in [0.3, 0.4) is 0 Å². The molecule has 0 saturated carbocycles. The normalized spacial score (nSPS) is 16.4. The smallest absolute Gasteiger partial charge is 0.270 e. The van der Waals surface area contributed by atoms with Gasteiger partial charge in [-0.15, -0.1) is 0 Å². The van der Waals surface area contributed by atoms with Crippen molar-refractivity contribution in [1.82, 2.24) is 4.31 Å². The van der Waals surface area contributed by atoms with E-state index in [-0.39, 0.29) is 10.6 Å². The van der Waals surface area contributed by atoms with Crippen LogP contribution in [-0.2, 0) is 16.6 Å². The molecule has 7 nitrogen and oxygen atoms in total. The van der Waals surface area contributed by atoms with Crippen LogP contribution >= 0.6 is 11.6 Å². The number of nitrogens with one attached hydrogen (secondary N) is 1. The molecule has 0 aromatic heterocycles. The van der Waals surface area contributed by atoms with Gasteiger partial charge < -0.3 is 4.90 Å². The summed E-state index contributed by atoms with van der Waals surface area (Å²) < 4.78 is 27.4. The molecule has 9 heteroatoms. The Hall–Kier alpha value is -2.00. The molecule has 0 aliphatic carbocycles. The summed E-state index contributed by atoms with van der Waals surface area (Å²) in [7, 11) is -3.76. The molecule has 1 heterocycles. The van der Waals surface area contributed by atoms with Crippen molar-refractivity contribution in [2.24, 2.45) is 0 Å². The lowest BCUT2D eigenvalue weighted by molar-refractivity contribution is -0.917. The predicted molar refractivity (Wildman–Crippen MR) is 102 cm³/mol. The van der Waals surface area contributed by atoms with Gasteiger partial charge in [0.05, 0.1) is 36.0 Å². The summed E-state index contributed by atoms with van der Waals surface area (Å²) in [6, 6.07) is 11.6. The fraction of sp³-hybridized carbons (Fsp3) is 0.333. The highest BCUT2D eigenvalue weighted by Crippen LogP contribution is 2.24. The molecule has 1 saturated heterocycles. The Morgan fingerprint density at radius 1 is 1.19 bits per heavy atom. The van der Waals surface area contributed by atoms with Crippen LogP contribution in [0.2, 0.25) is 5.02 Å². The van der Waals surface area contributed by atoms with Crippen LogP contribution in [-0.4, -0.2) is 43.8 Å². The van der Waals surface area contributed by atoms with E-state index in [0.29, 0.717) is 36.8 Å². The number of quaternary nitrogens is 1. The van der Waals surface area contributed by atoms with Crippen molar-refractivity contribution in [3.63, 3.8) is 0 Å². The molecule has 1 fully saturated rings. The third-order valence-corrected chi connectivity index (χ3v) is 7.24. The number of hydrogen-bond acceptors (Lipinski definition) is 4. The van der Waals surface area contributed by atoms with E-state index in [0.717, 1.165) is 18.2 Å². The fourth-order valence-corrected chi connectivity index (χ4v) is 5.14. The maximum absolute atomic E-state index is 13.0. The summed E-state index contributed by atoms with van der Waals surface area (Å²) in [4.78, 5) is 11.7. The van der Waals surface area contributed by atoms with E-state index in [9.17, 15) is 18.5 Å². The van der Waals surface area contributed by atoms with Gasteiger partial charge in [0.15, 0.2) is 0 Å². The Kier molecular flexibility index (Phi) is 5.81. The number of rotatable bonds is 5. The Balaban J connectivity index is 1.73. The van der Waals surface area contributed by atoms with Crippen LogP contribution in [0.15, 0.2) is 47.4 Å². The van der Waals surface area contributed by atoms with E-state index < -0.39 is 14.9 Å². The zero-order chi connectivity index (χ0) is 19.6. The van der Waals surface area contributed by atoms with Crippen LogP contribution in [0.1, 0.15) is 11.1 Å². The van der Waals surface area contributed by atoms with E-state index in [1.807, 2.05) is 24.3 Å². The van der Waals surface area contributed by atoms with Gasteiger partial charge in [0.1, 0.15) is 6.54 Å². The lowest BCUT2D eigenvalue weighted by Crippen LogP contribution is -3.13. The first-order valence-corrected chi connectivity index (χ1v) is 10.4. The van der Waals surface area contributed by atoms with Crippen molar-refractivity contribution in [2.45, 2.75) is 18.4 Å². The summed E-state index contributed by atoms with van der Waals surface area (Å²) in [6.07, 6.45) is 0. The second kappa shape index (κ2) is 7.93. The van der Waals surface area contributed by atoms with Crippen LogP contribution in [0.4, 0.5) is 5.69 Å². The summed E-state index contributed by atoms with van der Waals surface area (Å²) in [5.74, 6) is 0. The zero-order valence-electron chi connectivity index (χ0n) is 14.9. The highest BCUT2D eigenvalue weighted by atomic mass is 35.5. The fourth-order valence-electron chi connectivity index (χ4n) is 3.25. The number of non-ortho nitro benzene ring substituents is 1. The predicted octanol–water partition coefficient (Wildman–Crippen LogP) is 1.65. The molecule has 1 N–H and O–H groups in total. The quantitative estimate of drug-likeness (QED) is 0.600. The maximum atomic E-state index is 13.0. The van der Waals surface area contributed by atoms with E-state index in [1.165, 1.54) is 21.3 Å². The number of nitro benzene ring substituents is 1. The number of hydrogen-bond donors (Lipinski definition) is 1. The zero-order valence-corrected chi connectivity index (χ0v) is 16.5. The molecule has 2 aromatic rings. The number of halogens is 1. The molecule has 144 valence electrons. The Morgan fingerprint density at radius 2 is 1.85 bits per heavy atom. The van der Waals surface area contributed by atoms with Crippen LogP contribution < -0.4 is 4.90 Å². The van der Waals surface area contributed by atoms with Gasteiger partial charge in [0, 0.05) is 22.7 Å². The van der Waals surface area contributed by atoms with E-state index in [1.54, 1.807) is 6.92 Å². The van der Waals surface area contributed by atoms with Crippen molar-refractivity contribution in [3.05, 3.63) is 68.7 Å². The lowest BCUT2D eigenvalue weighted by Gasteiger charge is -2.32. The largest absolute Gasteiger partial charge is 0.329 e. The minimum atomic E-state index is -3.76. The number of nitro groups is 1. The minimum absolute atomic E-state index is 0.00579. The van der Waals surface area contributed by atoms with Crippen LogP contribution in [0, 0.1) is 17.0 Å². The molecule has 1 aliphatic rings. The lowest BCUT2D eigenvalue weighted by atomic mass is 10.2. The molecular formula is C18H21ClN3O4S+. The van der Waals surface area contributed by atoms with Crippen molar-refractivity contribution in [3.8, 4) is 0 Å². The van der Waals surface area contributed by atoms with Gasteiger partial charge in [-0.3, -0.25) is 10.1 Å². The highest BCUT2D eigenvalue weighted by Gasteiger charge is 2.32. The van der Waals surface area contributed by atoms with Gasteiger partial charge in [-0.05, 0) is 18.6 Å². The highest BCUT2D eigenvalue weighted by molar-refractivity contribution is 7.89. The second-order valence-corrected chi connectivity index (χ2v) is 8.94. The average molecular weight is 411 g/mol. The maximum Gasteiger partial charge on any atom is 0.270 e. The first-order valence-electron chi connectivity index (χ1n) is 8.61. The van der Waals surface area contributed by atoms with Gasteiger partial charge in [0.2, 0.25) is 10.0 Å². The van der Waals surface area contributed by atoms with Crippen molar-refractivity contribution >= 4 is 27.3 Å². The number of sulfonamides is 1. The monoisotopic (exact) mass is 410 g/mol. The molecule has 0 unspecified atom stereocenters. The molecule has 1 aliphatic heterocycles. The number of piperazine rings is 1. The Morgan fingerprint density at radius 3 is 2.48 bits per heavy atom. The van der Waals surface area contributed by atoms with E-state index in [2.05, 4.69) is 0 Å². The van der Waals surface area contributed by atoms with Crippen LogP contribution in [0.25, 0.3) is 0 Å². The van der Waals surface area contributed by atoms with Crippen LogP contribution in [0.5, 0.6) is 0 Å². The molecule has 0 atom stereocenters. The van der Waals surface area contributed by atoms with Gasteiger partial charge in [0.25, 0.3) is 5.69 Å². The van der Waals surface area contributed by atoms with Gasteiger partial charge >= 0.3 is 0 Å². The van der Waals surface area contributed by atoms with Gasteiger partial charge in [-0.25, -0.2) is 8.42 Å². The van der Waals surface area contributed by atoms with Crippen molar-refractivity contribution in [1.29, 1.82) is 0 Å². The number of nitrogens with zero attached hydrogens (tertiary/aromatic N) is 2. The minimum Gasteiger partial charge on any atom is -0.329 e. The molecule has 2 aromatic carbocycles. The molecule has 0 radical (unpaired) electrons. The van der Waals surface area contributed by atoms with Crippen molar-refractivity contribution in [2.75, 3.05) is 26.2 Å². The van der Waals surface area contributed by atoms with E-state index in [4.69, 9.17) is 11.6 Å². The molecule has 0 spiro atoms. The number of benzene rings is 2. The SMILES string of the molecule is Cc1ccc([N+](=O)[O-])cc1S(=O)(=O)N1CC[NH+](Cc2ccccc2Cl)CC1. The first kappa shape index (κ1) is 19.8. The number of aryl methyl sites for hydroxylation is 1. The summed E-state index contributed by atoms with van der Waals surface area (Å²) in [5, 5.41) is 11.7. The third-order valence-electron chi connectivity index (χ3n) is 4.83.